The zero-order valence-corrected chi connectivity index (χ0v) is 24.0. The number of aromatic hydroxyl groups is 1. The van der Waals surface area contributed by atoms with Gasteiger partial charge >= 0.3 is 12.1 Å². The molecule has 0 aliphatic heterocycles. The van der Waals surface area contributed by atoms with Crippen molar-refractivity contribution in [3.05, 3.63) is 82.2 Å². The van der Waals surface area contributed by atoms with Crippen LogP contribution in [0.25, 0.3) is 0 Å². The molecule has 5 N–H and O–H groups in total. The van der Waals surface area contributed by atoms with Gasteiger partial charge in [-0.2, -0.15) is 0 Å². The van der Waals surface area contributed by atoms with E-state index < -0.39 is 18.9 Å². The Bertz CT molecular complexity index is 1460. The van der Waals surface area contributed by atoms with Crippen molar-refractivity contribution in [3.8, 4) is 5.75 Å². The molecule has 3 aromatic rings. The number of phenols is 1. The Kier molecular flexibility index (Phi) is 10.8. The van der Waals surface area contributed by atoms with Crippen LogP contribution in [0.1, 0.15) is 74.6 Å². The molecule has 2 aromatic carbocycles. The molecule has 3 amide bonds. The molecule has 0 spiro atoms. The number of carbonyl (C=O) groups is 4. The van der Waals surface area contributed by atoms with Crippen molar-refractivity contribution >= 4 is 35.4 Å². The predicted molar refractivity (Wildman–Crippen MR) is 156 cm³/mol. The average molecular weight is 578 g/mol. The van der Waals surface area contributed by atoms with E-state index in [1.54, 1.807) is 26.0 Å². The Morgan fingerprint density at radius 3 is 2.17 bits per heavy atom. The number of aromatic nitrogens is 1. The fourth-order valence-corrected chi connectivity index (χ4v) is 3.94. The van der Waals surface area contributed by atoms with E-state index in [1.165, 1.54) is 36.5 Å². The molecule has 12 heteroatoms. The van der Waals surface area contributed by atoms with Crippen molar-refractivity contribution in [1.29, 1.82) is 5.41 Å². The van der Waals surface area contributed by atoms with E-state index in [1.807, 2.05) is 13.8 Å². The summed E-state index contributed by atoms with van der Waals surface area (Å²) in [5, 5.41) is 24.0. The Labute approximate surface area is 243 Å². The highest BCUT2D eigenvalue weighted by Gasteiger charge is 2.29. The van der Waals surface area contributed by atoms with E-state index >= 15 is 0 Å². The van der Waals surface area contributed by atoms with Crippen LogP contribution in [0.3, 0.4) is 0 Å². The molecule has 12 nitrogen and oxygen atoms in total. The third-order valence-electron chi connectivity index (χ3n) is 6.29. The minimum absolute atomic E-state index is 0.0290. The topological polar surface area (TPSA) is 174 Å². The van der Waals surface area contributed by atoms with Crippen LogP contribution in [0.5, 0.6) is 5.75 Å². The number of esters is 1. The molecule has 0 saturated heterocycles. The second kappa shape index (κ2) is 14.5. The summed E-state index contributed by atoms with van der Waals surface area (Å²) >= 11 is 0. The highest BCUT2D eigenvalue weighted by molar-refractivity contribution is 6.21. The normalized spacial score (nSPS) is 10.5. The summed E-state index contributed by atoms with van der Waals surface area (Å²) in [6, 6.07) is 10.0. The number of phenolic OH excluding ortho intramolecular Hbond substituents is 1. The van der Waals surface area contributed by atoms with Crippen molar-refractivity contribution in [2.45, 2.75) is 40.5 Å². The minimum atomic E-state index is -1.06. The first-order valence-corrected chi connectivity index (χ1v) is 13.5. The van der Waals surface area contributed by atoms with Crippen molar-refractivity contribution < 1.29 is 33.8 Å². The molecule has 0 atom stereocenters. The van der Waals surface area contributed by atoms with Crippen LogP contribution in [0.2, 0.25) is 0 Å². The smallest absolute Gasteiger partial charge is 0.423 e. The monoisotopic (exact) mass is 577 g/mol. The molecule has 1 heterocycles. The van der Waals surface area contributed by atoms with Gasteiger partial charge in [-0.1, -0.05) is 19.9 Å². The van der Waals surface area contributed by atoms with Crippen LogP contribution < -0.4 is 15.5 Å². The Morgan fingerprint density at radius 2 is 1.52 bits per heavy atom. The van der Waals surface area contributed by atoms with Crippen LogP contribution in [0, 0.1) is 19.3 Å². The number of ether oxygens (including phenoxy) is 2. The van der Waals surface area contributed by atoms with Crippen LogP contribution in [0.4, 0.5) is 10.5 Å². The molecule has 0 unspecified atom stereocenters. The van der Waals surface area contributed by atoms with E-state index in [0.717, 1.165) is 17.7 Å². The number of aryl methyl sites for hydroxylation is 1. The van der Waals surface area contributed by atoms with Gasteiger partial charge in [-0.15, -0.1) is 0 Å². The second-order valence-corrected chi connectivity index (χ2v) is 9.41. The van der Waals surface area contributed by atoms with E-state index in [-0.39, 0.29) is 45.9 Å². The molecule has 1 aromatic heterocycles. The molecule has 0 aliphatic rings. The van der Waals surface area contributed by atoms with E-state index in [0.29, 0.717) is 29.8 Å². The number of hydrogen-bond acceptors (Lipinski definition) is 8. The molecule has 222 valence electrons. The van der Waals surface area contributed by atoms with Gasteiger partial charge in [0.05, 0.1) is 22.5 Å². The van der Waals surface area contributed by atoms with Crippen molar-refractivity contribution in [2.75, 3.05) is 24.8 Å². The third kappa shape index (κ3) is 7.53. The van der Waals surface area contributed by atoms with E-state index in [4.69, 9.17) is 14.9 Å². The number of amides is 3. The first kappa shape index (κ1) is 31.4. The van der Waals surface area contributed by atoms with Crippen LogP contribution in [0.15, 0.2) is 48.7 Å². The quantitative estimate of drug-likeness (QED) is 0.0971. The lowest BCUT2D eigenvalue weighted by Crippen LogP contribution is -2.39. The molecule has 0 fully saturated rings. The molecular formula is C30H35N5O7. The maximum absolute atomic E-state index is 13.5. The number of H-pyrrole nitrogens is 1. The number of aromatic amines is 1. The van der Waals surface area contributed by atoms with Gasteiger partial charge in [-0.3, -0.25) is 15.0 Å². The van der Waals surface area contributed by atoms with E-state index in [2.05, 4.69) is 15.6 Å². The lowest BCUT2D eigenvalue weighted by molar-refractivity contribution is 0.0000920. The molecule has 0 aliphatic carbocycles. The minimum Gasteiger partial charge on any atom is -0.508 e. The molecule has 3 rings (SSSR count). The summed E-state index contributed by atoms with van der Waals surface area (Å²) in [7, 11) is 0. The first-order chi connectivity index (χ1) is 20.1. The van der Waals surface area contributed by atoms with E-state index in [9.17, 15) is 24.3 Å². The zero-order chi connectivity index (χ0) is 30.8. The molecule has 0 saturated carbocycles. The van der Waals surface area contributed by atoms with Crippen LogP contribution >= 0.6 is 0 Å². The lowest BCUT2D eigenvalue weighted by atomic mass is 10.1. The van der Waals surface area contributed by atoms with Gasteiger partial charge in [0.25, 0.3) is 11.8 Å². The summed E-state index contributed by atoms with van der Waals surface area (Å²) in [4.78, 5) is 55.0. The number of carbonyl (C=O) groups excluding carboxylic acids is 4. The van der Waals surface area contributed by atoms with Crippen molar-refractivity contribution in [2.24, 2.45) is 0 Å². The summed E-state index contributed by atoms with van der Waals surface area (Å²) in [6.07, 6.45) is 1.88. The zero-order valence-electron chi connectivity index (χ0n) is 24.0. The fraction of sp³-hybridized carbons (Fsp3) is 0.300. The third-order valence-corrected chi connectivity index (χ3v) is 6.29. The Balaban J connectivity index is 1.93. The molecule has 42 heavy (non-hydrogen) atoms. The maximum atomic E-state index is 13.5. The Morgan fingerprint density at radius 1 is 0.905 bits per heavy atom. The summed E-state index contributed by atoms with van der Waals surface area (Å²) < 4.78 is 10.3. The summed E-state index contributed by atoms with van der Waals surface area (Å²) in [5.74, 6) is -1.86. The van der Waals surface area contributed by atoms with Crippen LogP contribution in [-0.4, -0.2) is 59.7 Å². The van der Waals surface area contributed by atoms with Gasteiger partial charge in [0.15, 0.2) is 5.84 Å². The molecule has 0 radical (unpaired) electrons. The van der Waals surface area contributed by atoms with Gasteiger partial charge in [0.1, 0.15) is 5.75 Å². The standard InChI is InChI=1S/C30H35N5O7/c1-5-13-32-27(37)21-8-7-18(3)24(15-21)35(26(31)25-19(4)23(16-34-25)28(38)33-14-6-2)30(40)42-17-41-29(39)20-9-11-22(36)12-10-20/h7-12,15-16,31,34,36H,5-6,13-14,17H2,1-4H3,(H,32,37)(H,33,38). The Hall–Kier alpha value is -5.13. The number of rotatable bonds is 11. The van der Waals surface area contributed by atoms with Crippen molar-refractivity contribution in [1.82, 2.24) is 15.6 Å². The number of nitrogens with one attached hydrogen (secondary N) is 4. The lowest BCUT2D eigenvalue weighted by Gasteiger charge is -2.25. The van der Waals surface area contributed by atoms with Gasteiger partial charge in [0.2, 0.25) is 6.79 Å². The molecule has 0 bridgehead atoms. The number of hydrogen-bond donors (Lipinski definition) is 5. The number of nitrogens with zero attached hydrogens (tertiary/aromatic N) is 1. The fourth-order valence-electron chi connectivity index (χ4n) is 3.94. The predicted octanol–water partition coefficient (Wildman–Crippen LogP) is 4.40. The highest BCUT2D eigenvalue weighted by atomic mass is 16.7. The number of amidine groups is 1. The largest absolute Gasteiger partial charge is 0.508 e. The first-order valence-electron chi connectivity index (χ1n) is 13.5. The van der Waals surface area contributed by atoms with Crippen LogP contribution in [-0.2, 0) is 9.47 Å². The summed E-state index contributed by atoms with van der Waals surface area (Å²) in [5.41, 5.74) is 2.04. The van der Waals surface area contributed by atoms with Crippen molar-refractivity contribution in [3.63, 3.8) is 0 Å². The highest BCUT2D eigenvalue weighted by Crippen LogP contribution is 2.26. The maximum Gasteiger partial charge on any atom is 0.423 e. The average Bonchev–Trinajstić information content (AvgIpc) is 3.37. The summed E-state index contributed by atoms with van der Waals surface area (Å²) in [6.45, 7) is 7.36. The van der Waals surface area contributed by atoms with Gasteiger partial charge in [-0.25, -0.2) is 14.5 Å². The SMILES string of the molecule is CCCNC(=O)c1ccc(C)c(N(C(=N)c2[nH]cc(C(=O)NCCC)c2C)C(=O)OCOC(=O)c2ccc(O)cc2)c1. The second-order valence-electron chi connectivity index (χ2n) is 9.41. The van der Waals surface area contributed by atoms with Gasteiger partial charge in [-0.05, 0) is 74.2 Å². The van der Waals surface area contributed by atoms with Gasteiger partial charge in [0, 0.05) is 24.8 Å². The van der Waals surface area contributed by atoms with Gasteiger partial charge < -0.3 is 30.2 Å². The number of anilines is 1. The number of benzene rings is 2. The molecular weight excluding hydrogens is 542 g/mol.